The third kappa shape index (κ3) is 3.18. The molecular weight excluding hydrogens is 188 g/mol. The topological polar surface area (TPSA) is 53.2 Å². The molecular formula is C12H18N2O. The number of hydrogen-bond acceptors (Lipinski definition) is 3. The summed E-state index contributed by atoms with van der Waals surface area (Å²) in [6.45, 7) is 4.37. The zero-order chi connectivity index (χ0) is 11.3. The van der Waals surface area contributed by atoms with E-state index in [1.165, 1.54) is 0 Å². The maximum Gasteiger partial charge on any atom is 0.236 e. The normalized spacial score (nSPS) is 30.7. The molecule has 1 saturated carbocycles. The van der Waals surface area contributed by atoms with E-state index in [1.54, 1.807) is 6.08 Å². The fourth-order valence-corrected chi connectivity index (χ4v) is 2.55. The molecule has 2 unspecified atom stereocenters. The molecule has 3 nitrogen and oxygen atoms in total. The summed E-state index contributed by atoms with van der Waals surface area (Å²) in [6, 6.07) is 2.19. The van der Waals surface area contributed by atoms with Crippen LogP contribution in [0, 0.1) is 23.2 Å². The number of isocyanates is 1. The molecule has 0 spiro atoms. The molecule has 0 aromatic rings. The number of rotatable bonds is 3. The van der Waals surface area contributed by atoms with Crippen LogP contribution in [0.15, 0.2) is 4.99 Å². The first-order chi connectivity index (χ1) is 7.12. The lowest BCUT2D eigenvalue weighted by Gasteiger charge is -2.32. The van der Waals surface area contributed by atoms with Gasteiger partial charge in [0.2, 0.25) is 6.08 Å². The Morgan fingerprint density at radius 2 is 2.33 bits per heavy atom. The first-order valence-electron chi connectivity index (χ1n) is 5.62. The van der Waals surface area contributed by atoms with Gasteiger partial charge in [-0.05, 0) is 37.5 Å². The van der Waals surface area contributed by atoms with Gasteiger partial charge in [-0.3, -0.25) is 0 Å². The van der Waals surface area contributed by atoms with Crippen LogP contribution in [0.3, 0.4) is 0 Å². The molecule has 0 aromatic heterocycles. The fourth-order valence-electron chi connectivity index (χ4n) is 2.55. The van der Waals surface area contributed by atoms with E-state index in [0.29, 0.717) is 18.3 Å². The Hall–Kier alpha value is -1.13. The molecule has 1 fully saturated rings. The predicted octanol–water partition coefficient (Wildman–Crippen LogP) is 2.82. The minimum Gasteiger partial charge on any atom is -0.211 e. The Morgan fingerprint density at radius 1 is 1.60 bits per heavy atom. The van der Waals surface area contributed by atoms with Crippen molar-refractivity contribution in [3.8, 4) is 6.07 Å². The lowest BCUT2D eigenvalue weighted by atomic mass is 9.74. The summed E-state index contributed by atoms with van der Waals surface area (Å²) in [7, 11) is 0. The molecule has 3 heteroatoms. The quantitative estimate of drug-likeness (QED) is 0.526. The molecule has 1 aliphatic rings. The molecule has 0 amide bonds. The third-order valence-electron chi connectivity index (χ3n) is 3.10. The first-order valence-corrected chi connectivity index (χ1v) is 5.62. The van der Waals surface area contributed by atoms with Crippen molar-refractivity contribution < 1.29 is 4.79 Å². The van der Waals surface area contributed by atoms with E-state index in [-0.39, 0.29) is 0 Å². The Bertz CT molecular complexity index is 299. The fraction of sp³-hybridized carbons (Fsp3) is 0.833. The number of nitrogens with zero attached hydrogens (tertiary/aromatic N) is 2. The summed E-state index contributed by atoms with van der Waals surface area (Å²) in [6.07, 6.45) is 6.29. The average Bonchev–Trinajstić information content (AvgIpc) is 2.17. The lowest BCUT2D eigenvalue weighted by Crippen LogP contribution is -2.32. The minimum atomic E-state index is -0.764. The van der Waals surface area contributed by atoms with Crippen molar-refractivity contribution >= 4 is 6.08 Å². The van der Waals surface area contributed by atoms with Gasteiger partial charge in [-0.2, -0.15) is 10.3 Å². The highest BCUT2D eigenvalue weighted by Crippen LogP contribution is 2.37. The van der Waals surface area contributed by atoms with Crippen LogP contribution in [0.25, 0.3) is 0 Å². The molecule has 82 valence electrons. The van der Waals surface area contributed by atoms with Gasteiger partial charge in [-0.15, -0.1) is 0 Å². The molecule has 0 bridgehead atoms. The van der Waals surface area contributed by atoms with Crippen molar-refractivity contribution in [1.82, 2.24) is 0 Å². The van der Waals surface area contributed by atoms with Crippen molar-refractivity contribution in [2.24, 2.45) is 16.8 Å². The van der Waals surface area contributed by atoms with E-state index < -0.39 is 5.54 Å². The summed E-state index contributed by atoms with van der Waals surface area (Å²) < 4.78 is 0. The molecule has 15 heavy (non-hydrogen) atoms. The lowest BCUT2D eigenvalue weighted by molar-refractivity contribution is 0.242. The van der Waals surface area contributed by atoms with E-state index in [2.05, 4.69) is 24.9 Å². The van der Waals surface area contributed by atoms with E-state index in [0.717, 1.165) is 25.7 Å². The van der Waals surface area contributed by atoms with Crippen LogP contribution < -0.4 is 0 Å². The Kier molecular flexibility index (Phi) is 4.05. The molecule has 0 N–H and O–H groups in total. The summed E-state index contributed by atoms with van der Waals surface area (Å²) in [4.78, 5) is 14.0. The molecule has 1 aliphatic carbocycles. The highest BCUT2D eigenvalue weighted by atomic mass is 16.1. The molecule has 0 radical (unpaired) electrons. The van der Waals surface area contributed by atoms with Gasteiger partial charge >= 0.3 is 0 Å². The van der Waals surface area contributed by atoms with E-state index in [9.17, 15) is 4.79 Å². The second-order valence-corrected chi connectivity index (χ2v) is 4.94. The monoisotopic (exact) mass is 206 g/mol. The van der Waals surface area contributed by atoms with Crippen molar-refractivity contribution in [1.29, 1.82) is 5.26 Å². The molecule has 0 aliphatic heterocycles. The smallest absolute Gasteiger partial charge is 0.211 e. The zero-order valence-corrected chi connectivity index (χ0v) is 9.49. The van der Waals surface area contributed by atoms with Crippen LogP contribution in [0.2, 0.25) is 0 Å². The Balaban J connectivity index is 2.69. The van der Waals surface area contributed by atoms with E-state index >= 15 is 0 Å². The summed E-state index contributed by atoms with van der Waals surface area (Å²) >= 11 is 0. The summed E-state index contributed by atoms with van der Waals surface area (Å²) in [5, 5.41) is 9.10. The highest BCUT2D eigenvalue weighted by Gasteiger charge is 2.36. The molecule has 2 atom stereocenters. The third-order valence-corrected chi connectivity index (χ3v) is 3.10. The van der Waals surface area contributed by atoms with Gasteiger partial charge in [0.25, 0.3) is 0 Å². The minimum absolute atomic E-state index is 0.537. The van der Waals surface area contributed by atoms with Gasteiger partial charge in [0.15, 0.2) is 5.54 Å². The molecule has 0 aromatic carbocycles. The first kappa shape index (κ1) is 11.9. The van der Waals surface area contributed by atoms with Crippen LogP contribution >= 0.6 is 0 Å². The van der Waals surface area contributed by atoms with Gasteiger partial charge in [-0.1, -0.05) is 20.3 Å². The Labute approximate surface area is 91.2 Å². The van der Waals surface area contributed by atoms with Crippen molar-refractivity contribution in [3.63, 3.8) is 0 Å². The molecule has 0 saturated heterocycles. The number of carbonyl (C=O) groups excluding carboxylic acids is 1. The second kappa shape index (κ2) is 5.09. The zero-order valence-electron chi connectivity index (χ0n) is 9.49. The predicted molar refractivity (Wildman–Crippen MR) is 57.9 cm³/mol. The van der Waals surface area contributed by atoms with Crippen molar-refractivity contribution in [2.75, 3.05) is 0 Å². The second-order valence-electron chi connectivity index (χ2n) is 4.94. The number of hydrogen-bond donors (Lipinski definition) is 0. The average molecular weight is 206 g/mol. The van der Waals surface area contributed by atoms with E-state index in [4.69, 9.17) is 5.26 Å². The summed E-state index contributed by atoms with van der Waals surface area (Å²) in [5.74, 6) is 1.18. The van der Waals surface area contributed by atoms with Gasteiger partial charge < -0.3 is 0 Å². The summed E-state index contributed by atoms with van der Waals surface area (Å²) in [5.41, 5.74) is -0.764. The largest absolute Gasteiger partial charge is 0.236 e. The van der Waals surface area contributed by atoms with Gasteiger partial charge in [0.1, 0.15) is 0 Å². The van der Waals surface area contributed by atoms with Gasteiger partial charge in [0.05, 0.1) is 6.07 Å². The Morgan fingerprint density at radius 3 is 2.87 bits per heavy atom. The number of aliphatic imine (C=N–C) groups is 1. The van der Waals surface area contributed by atoms with Crippen LogP contribution in [-0.4, -0.2) is 11.6 Å². The maximum atomic E-state index is 10.3. The van der Waals surface area contributed by atoms with Crippen LogP contribution in [-0.2, 0) is 4.79 Å². The van der Waals surface area contributed by atoms with Crippen LogP contribution in [0.1, 0.15) is 46.0 Å². The van der Waals surface area contributed by atoms with E-state index in [1.807, 2.05) is 0 Å². The van der Waals surface area contributed by atoms with Gasteiger partial charge in [-0.25, -0.2) is 4.79 Å². The maximum absolute atomic E-state index is 10.3. The van der Waals surface area contributed by atoms with Crippen molar-refractivity contribution in [2.45, 2.75) is 51.5 Å². The van der Waals surface area contributed by atoms with Crippen LogP contribution in [0.4, 0.5) is 0 Å². The molecule has 1 rings (SSSR count). The number of nitriles is 1. The van der Waals surface area contributed by atoms with Crippen LogP contribution in [0.5, 0.6) is 0 Å². The highest BCUT2D eigenvalue weighted by molar-refractivity contribution is 5.37. The van der Waals surface area contributed by atoms with Crippen molar-refractivity contribution in [3.05, 3.63) is 0 Å². The van der Waals surface area contributed by atoms with Gasteiger partial charge in [0, 0.05) is 0 Å². The standard InChI is InChI=1S/C12H18N2O/c1-10(2)6-11-4-3-5-12(7-11,8-13)14-9-15/h10-11H,3-7H2,1-2H3. The molecule has 0 heterocycles. The SMILES string of the molecule is CC(C)CC1CCCC(C#N)(N=C=O)C1.